The number of anilines is 2. The minimum atomic E-state index is 0.441. The van der Waals surface area contributed by atoms with Crippen LogP contribution in [-0.2, 0) is 4.74 Å². The highest BCUT2D eigenvalue weighted by molar-refractivity contribution is 7.80. The van der Waals surface area contributed by atoms with Crippen LogP contribution in [-0.4, -0.2) is 72.5 Å². The lowest BCUT2D eigenvalue weighted by Gasteiger charge is -2.31. The van der Waals surface area contributed by atoms with E-state index in [-0.39, 0.29) is 0 Å². The largest absolute Gasteiger partial charge is 0.439 e. The van der Waals surface area contributed by atoms with E-state index in [9.17, 15) is 0 Å². The first kappa shape index (κ1) is 22.7. The number of nitrogens with one attached hydrogen (secondary N) is 2. The van der Waals surface area contributed by atoms with Crippen molar-refractivity contribution in [3.05, 3.63) is 36.4 Å². The lowest BCUT2D eigenvalue weighted by Crippen LogP contribution is -2.42. The van der Waals surface area contributed by atoms with Crippen molar-refractivity contribution < 1.29 is 9.47 Å². The molecule has 2 N–H and O–H groups in total. The summed E-state index contributed by atoms with van der Waals surface area (Å²) in [6, 6.07) is 11.6. The molecule has 1 aromatic heterocycles. The first-order chi connectivity index (χ1) is 15.7. The Labute approximate surface area is 195 Å². The molecule has 9 heteroatoms. The van der Waals surface area contributed by atoms with Crippen LogP contribution in [0.25, 0.3) is 0 Å². The quantitative estimate of drug-likeness (QED) is 0.611. The summed E-state index contributed by atoms with van der Waals surface area (Å²) in [6.07, 6.45) is 2.31. The fourth-order valence-electron chi connectivity index (χ4n) is 3.83. The van der Waals surface area contributed by atoms with Gasteiger partial charge in [-0.05, 0) is 43.1 Å². The summed E-state index contributed by atoms with van der Waals surface area (Å²) >= 11 is 5.49. The first-order valence-corrected chi connectivity index (χ1v) is 11.8. The fourth-order valence-corrected chi connectivity index (χ4v) is 4.02. The van der Waals surface area contributed by atoms with Crippen molar-refractivity contribution in [1.82, 2.24) is 20.2 Å². The number of hydrogen-bond acceptors (Lipinski definition) is 7. The number of piperidine rings is 1. The van der Waals surface area contributed by atoms with Gasteiger partial charge >= 0.3 is 0 Å². The highest BCUT2D eigenvalue weighted by atomic mass is 32.1. The molecule has 0 amide bonds. The van der Waals surface area contributed by atoms with E-state index in [0.717, 1.165) is 82.8 Å². The number of ether oxygens (including phenoxy) is 2. The van der Waals surface area contributed by atoms with Gasteiger partial charge in [-0.1, -0.05) is 25.1 Å². The zero-order valence-corrected chi connectivity index (χ0v) is 19.4. The van der Waals surface area contributed by atoms with Crippen LogP contribution in [0.1, 0.15) is 19.8 Å². The Balaban J connectivity index is 1.41. The maximum absolute atomic E-state index is 6.01. The van der Waals surface area contributed by atoms with Gasteiger partial charge in [0.1, 0.15) is 11.6 Å². The smallest absolute Gasteiger partial charge is 0.234 e. The molecule has 0 aliphatic carbocycles. The molecule has 1 aromatic carbocycles. The van der Waals surface area contributed by atoms with Crippen LogP contribution < -0.4 is 20.3 Å². The predicted molar refractivity (Wildman–Crippen MR) is 131 cm³/mol. The molecule has 2 aliphatic heterocycles. The molecule has 0 atom stereocenters. The van der Waals surface area contributed by atoms with Gasteiger partial charge < -0.3 is 25.0 Å². The Morgan fingerprint density at radius 2 is 1.88 bits per heavy atom. The van der Waals surface area contributed by atoms with Crippen molar-refractivity contribution in [3.63, 3.8) is 0 Å². The van der Waals surface area contributed by atoms with Gasteiger partial charge in [-0.25, -0.2) is 0 Å². The van der Waals surface area contributed by atoms with Crippen LogP contribution in [0.2, 0.25) is 0 Å². The molecule has 172 valence electrons. The van der Waals surface area contributed by atoms with E-state index in [1.54, 1.807) is 0 Å². The van der Waals surface area contributed by atoms with E-state index in [2.05, 4.69) is 32.3 Å². The van der Waals surface area contributed by atoms with E-state index < -0.39 is 0 Å². The summed E-state index contributed by atoms with van der Waals surface area (Å²) in [5, 5.41) is 6.91. The second-order valence-electron chi connectivity index (χ2n) is 8.31. The molecule has 0 saturated carbocycles. The number of thiocarbonyl (C=S) groups is 1. The Hall–Kier alpha value is -2.49. The van der Waals surface area contributed by atoms with Crippen molar-refractivity contribution in [3.8, 4) is 11.6 Å². The van der Waals surface area contributed by atoms with Crippen LogP contribution in [0, 0.1) is 5.92 Å². The molecule has 0 radical (unpaired) electrons. The molecule has 4 rings (SSSR count). The molecule has 8 nitrogen and oxygen atoms in total. The van der Waals surface area contributed by atoms with E-state index in [0.29, 0.717) is 16.9 Å². The normalized spacial score (nSPS) is 17.7. The molecule has 2 aromatic rings. The van der Waals surface area contributed by atoms with E-state index >= 15 is 0 Å². The van der Waals surface area contributed by atoms with Gasteiger partial charge in [0.05, 0.1) is 13.2 Å². The molecule has 2 fully saturated rings. The summed E-state index contributed by atoms with van der Waals surface area (Å²) in [4.78, 5) is 13.9. The molecule has 0 bridgehead atoms. The Morgan fingerprint density at radius 1 is 1.12 bits per heavy atom. The number of nitrogens with zero attached hydrogens (tertiary/aromatic N) is 4. The van der Waals surface area contributed by atoms with Crippen molar-refractivity contribution >= 4 is 29.1 Å². The summed E-state index contributed by atoms with van der Waals surface area (Å²) in [6.45, 7) is 9.43. The molecule has 0 unspecified atom stereocenters. The van der Waals surface area contributed by atoms with Crippen LogP contribution in [0.15, 0.2) is 36.4 Å². The van der Waals surface area contributed by atoms with Gasteiger partial charge in [-0.3, -0.25) is 4.90 Å². The minimum absolute atomic E-state index is 0.441. The second kappa shape index (κ2) is 11.4. The summed E-state index contributed by atoms with van der Waals surface area (Å²) < 4.78 is 11.4. The molecular formula is C23H32N6O2S. The Bertz CT molecular complexity index is 870. The third kappa shape index (κ3) is 6.75. The lowest BCUT2D eigenvalue weighted by atomic mass is 9.99. The van der Waals surface area contributed by atoms with Crippen molar-refractivity contribution in [1.29, 1.82) is 0 Å². The monoisotopic (exact) mass is 456 g/mol. The summed E-state index contributed by atoms with van der Waals surface area (Å²) in [5.74, 6) is 3.28. The number of para-hydroxylation sites is 1. The standard InChI is InChI=1S/C23H32N6O2S/c1-18-7-10-29(11-8-18)20-17-21(31-19-5-3-2-4-6-19)26-22(25-20)27-23(32)24-9-12-28-13-15-30-16-14-28/h2-6,17-18H,7-16H2,1H3,(H2,24,25,26,27,32). The van der Waals surface area contributed by atoms with Crippen LogP contribution in [0.3, 0.4) is 0 Å². The first-order valence-electron chi connectivity index (χ1n) is 11.4. The Kier molecular flexibility index (Phi) is 8.08. The van der Waals surface area contributed by atoms with Gasteiger partial charge in [-0.2, -0.15) is 9.97 Å². The molecule has 2 aliphatic rings. The molecule has 3 heterocycles. The van der Waals surface area contributed by atoms with Crippen molar-refractivity contribution in [2.75, 3.05) is 62.7 Å². The molecule has 2 saturated heterocycles. The second-order valence-corrected chi connectivity index (χ2v) is 8.72. The van der Waals surface area contributed by atoms with Crippen molar-refractivity contribution in [2.45, 2.75) is 19.8 Å². The van der Waals surface area contributed by atoms with Crippen LogP contribution in [0.5, 0.6) is 11.6 Å². The van der Waals surface area contributed by atoms with Gasteiger partial charge in [0.25, 0.3) is 0 Å². The van der Waals surface area contributed by atoms with Gasteiger partial charge in [0.2, 0.25) is 11.8 Å². The topological polar surface area (TPSA) is 74.8 Å². The highest BCUT2D eigenvalue weighted by Gasteiger charge is 2.19. The van der Waals surface area contributed by atoms with Crippen LogP contribution >= 0.6 is 12.2 Å². The minimum Gasteiger partial charge on any atom is -0.439 e. The Morgan fingerprint density at radius 3 is 2.62 bits per heavy atom. The summed E-state index contributed by atoms with van der Waals surface area (Å²) in [5.41, 5.74) is 0. The molecule has 32 heavy (non-hydrogen) atoms. The third-order valence-electron chi connectivity index (χ3n) is 5.81. The zero-order chi connectivity index (χ0) is 22.2. The van der Waals surface area contributed by atoms with E-state index in [1.807, 2.05) is 36.4 Å². The average molecular weight is 457 g/mol. The van der Waals surface area contributed by atoms with E-state index in [4.69, 9.17) is 26.7 Å². The number of morpholine rings is 1. The van der Waals surface area contributed by atoms with Gasteiger partial charge in [0.15, 0.2) is 5.11 Å². The number of hydrogen-bond donors (Lipinski definition) is 2. The maximum atomic E-state index is 6.01. The van der Waals surface area contributed by atoms with Crippen molar-refractivity contribution in [2.24, 2.45) is 5.92 Å². The lowest BCUT2D eigenvalue weighted by molar-refractivity contribution is 0.0389. The SMILES string of the molecule is CC1CCN(c2cc(Oc3ccccc3)nc(NC(=S)NCCN3CCOCC3)n2)CC1. The average Bonchev–Trinajstić information content (AvgIpc) is 2.81. The van der Waals surface area contributed by atoms with Gasteiger partial charge in [-0.15, -0.1) is 0 Å². The van der Waals surface area contributed by atoms with Crippen LogP contribution in [0.4, 0.5) is 11.8 Å². The summed E-state index contributed by atoms with van der Waals surface area (Å²) in [7, 11) is 0. The predicted octanol–water partition coefficient (Wildman–Crippen LogP) is 3.12. The fraction of sp³-hybridized carbons (Fsp3) is 0.522. The molecular weight excluding hydrogens is 424 g/mol. The maximum Gasteiger partial charge on any atom is 0.234 e. The van der Waals surface area contributed by atoms with E-state index in [1.165, 1.54) is 0 Å². The zero-order valence-electron chi connectivity index (χ0n) is 18.6. The number of benzene rings is 1. The number of aromatic nitrogens is 2. The number of rotatable bonds is 7. The highest BCUT2D eigenvalue weighted by Crippen LogP contribution is 2.27. The molecule has 0 spiro atoms. The third-order valence-corrected chi connectivity index (χ3v) is 6.05. The van der Waals surface area contributed by atoms with Gasteiger partial charge in [0, 0.05) is 45.3 Å².